The van der Waals surface area contributed by atoms with E-state index in [1.807, 2.05) is 24.3 Å². The van der Waals surface area contributed by atoms with Crippen LogP contribution < -0.4 is 4.72 Å². The molecule has 1 N–H and O–H groups in total. The summed E-state index contributed by atoms with van der Waals surface area (Å²) >= 11 is 0. The predicted octanol–water partition coefficient (Wildman–Crippen LogP) is 2.33. The molecule has 1 aromatic heterocycles. The fourth-order valence-corrected chi connectivity index (χ4v) is 2.07. The number of benzene rings is 1. The number of aromatic nitrogens is 1. The van der Waals surface area contributed by atoms with E-state index in [1.54, 1.807) is 24.7 Å². The zero-order valence-corrected chi connectivity index (χ0v) is 10.6. The molecule has 0 saturated heterocycles. The molecule has 2 rings (SSSR count). The molecule has 4 nitrogen and oxygen atoms in total. The van der Waals surface area contributed by atoms with Crippen LogP contribution in [-0.4, -0.2) is 15.4 Å². The standard InChI is InChI=1S/C13H11N3OS/c1-18(17)16-12-4-2-10(3-5-12)13-9-15-7-6-11(13)8-14/h2-7,9,16H,1H3. The van der Waals surface area contributed by atoms with Crippen molar-refractivity contribution in [2.24, 2.45) is 0 Å². The van der Waals surface area contributed by atoms with Gasteiger partial charge in [0.05, 0.1) is 11.6 Å². The molecule has 2 aromatic rings. The summed E-state index contributed by atoms with van der Waals surface area (Å²) in [5.74, 6) is 0. The van der Waals surface area contributed by atoms with Gasteiger partial charge in [0.15, 0.2) is 0 Å². The van der Waals surface area contributed by atoms with Gasteiger partial charge in [-0.3, -0.25) is 4.98 Å². The van der Waals surface area contributed by atoms with Crippen molar-refractivity contribution < 1.29 is 4.21 Å². The Kier molecular flexibility index (Phi) is 3.70. The molecule has 0 saturated carbocycles. The van der Waals surface area contributed by atoms with Crippen molar-refractivity contribution in [3.05, 3.63) is 48.3 Å². The highest BCUT2D eigenvalue weighted by atomic mass is 32.2. The normalized spacial score (nSPS) is 11.6. The molecule has 0 aliphatic heterocycles. The molecule has 0 bridgehead atoms. The minimum atomic E-state index is -1.09. The van der Waals surface area contributed by atoms with E-state index in [-0.39, 0.29) is 0 Å². The quantitative estimate of drug-likeness (QED) is 0.917. The Bertz CT molecular complexity index is 617. The topological polar surface area (TPSA) is 65.8 Å². The van der Waals surface area contributed by atoms with Crippen LogP contribution in [0.5, 0.6) is 0 Å². The SMILES string of the molecule is CS(=O)Nc1ccc(-c2cnccc2C#N)cc1. The van der Waals surface area contributed by atoms with E-state index in [9.17, 15) is 4.21 Å². The average Bonchev–Trinajstić information content (AvgIpc) is 2.39. The molecule has 1 unspecified atom stereocenters. The Morgan fingerprint density at radius 3 is 2.61 bits per heavy atom. The lowest BCUT2D eigenvalue weighted by Crippen LogP contribution is -2.00. The average molecular weight is 257 g/mol. The molecule has 1 heterocycles. The van der Waals surface area contributed by atoms with Crippen molar-refractivity contribution in [1.29, 1.82) is 5.26 Å². The Hall–Kier alpha value is -2.19. The lowest BCUT2D eigenvalue weighted by Gasteiger charge is -2.06. The van der Waals surface area contributed by atoms with Crippen LogP contribution in [0.2, 0.25) is 0 Å². The highest BCUT2D eigenvalue weighted by Crippen LogP contribution is 2.23. The van der Waals surface area contributed by atoms with E-state index < -0.39 is 11.0 Å². The smallest absolute Gasteiger partial charge is 0.113 e. The van der Waals surface area contributed by atoms with E-state index in [4.69, 9.17) is 5.26 Å². The van der Waals surface area contributed by atoms with E-state index >= 15 is 0 Å². The fourth-order valence-electron chi connectivity index (χ4n) is 1.61. The van der Waals surface area contributed by atoms with Crippen molar-refractivity contribution >= 4 is 16.7 Å². The van der Waals surface area contributed by atoms with Gasteiger partial charge in [0.1, 0.15) is 11.0 Å². The first kappa shape index (κ1) is 12.3. The molecule has 0 fully saturated rings. The molecule has 0 aliphatic rings. The molecule has 18 heavy (non-hydrogen) atoms. The highest BCUT2D eigenvalue weighted by molar-refractivity contribution is 7.85. The van der Waals surface area contributed by atoms with Gasteiger partial charge in [-0.1, -0.05) is 12.1 Å². The molecule has 90 valence electrons. The summed E-state index contributed by atoms with van der Waals surface area (Å²) in [5, 5.41) is 9.02. The molecule has 0 spiro atoms. The van der Waals surface area contributed by atoms with Gasteiger partial charge in [0.25, 0.3) is 0 Å². The summed E-state index contributed by atoms with van der Waals surface area (Å²) < 4.78 is 13.8. The summed E-state index contributed by atoms with van der Waals surface area (Å²) in [4.78, 5) is 4.03. The Morgan fingerprint density at radius 2 is 2.00 bits per heavy atom. The third-order valence-electron chi connectivity index (χ3n) is 2.40. The Morgan fingerprint density at radius 1 is 1.28 bits per heavy atom. The van der Waals surface area contributed by atoms with Gasteiger partial charge in [-0.15, -0.1) is 0 Å². The second-order valence-electron chi connectivity index (χ2n) is 3.67. The first-order valence-electron chi connectivity index (χ1n) is 5.25. The largest absolute Gasteiger partial charge is 0.305 e. The maximum atomic E-state index is 11.0. The second kappa shape index (κ2) is 5.43. The number of pyridine rings is 1. The third-order valence-corrected chi connectivity index (χ3v) is 2.92. The molecule has 0 aliphatic carbocycles. The van der Waals surface area contributed by atoms with Gasteiger partial charge in [-0.25, -0.2) is 4.21 Å². The summed E-state index contributed by atoms with van der Waals surface area (Å²) in [6.45, 7) is 0. The van der Waals surface area contributed by atoms with E-state index in [0.717, 1.165) is 16.8 Å². The van der Waals surface area contributed by atoms with E-state index in [0.29, 0.717) is 5.56 Å². The van der Waals surface area contributed by atoms with Crippen molar-refractivity contribution in [2.75, 3.05) is 11.0 Å². The Balaban J connectivity index is 2.35. The minimum absolute atomic E-state index is 0.588. The number of hydrogen-bond acceptors (Lipinski definition) is 3. The van der Waals surface area contributed by atoms with Crippen LogP contribution in [0.3, 0.4) is 0 Å². The van der Waals surface area contributed by atoms with Gasteiger partial charge < -0.3 is 4.72 Å². The van der Waals surface area contributed by atoms with Crippen molar-refractivity contribution in [2.45, 2.75) is 0 Å². The summed E-state index contributed by atoms with van der Waals surface area (Å²) in [6.07, 6.45) is 4.83. The predicted molar refractivity (Wildman–Crippen MR) is 72.1 cm³/mol. The van der Waals surface area contributed by atoms with Crippen LogP contribution >= 0.6 is 0 Å². The maximum absolute atomic E-state index is 11.0. The number of nitriles is 1. The van der Waals surface area contributed by atoms with E-state index in [1.165, 1.54) is 0 Å². The van der Waals surface area contributed by atoms with Crippen molar-refractivity contribution in [3.8, 4) is 17.2 Å². The lowest BCUT2D eigenvalue weighted by molar-refractivity contribution is 0.690. The molecular weight excluding hydrogens is 246 g/mol. The number of anilines is 1. The first-order chi connectivity index (χ1) is 8.70. The monoisotopic (exact) mass is 257 g/mol. The molecular formula is C13H11N3OS. The van der Waals surface area contributed by atoms with Crippen molar-refractivity contribution in [3.63, 3.8) is 0 Å². The van der Waals surface area contributed by atoms with Crippen LogP contribution in [0.25, 0.3) is 11.1 Å². The second-order valence-corrected chi connectivity index (χ2v) is 4.78. The van der Waals surface area contributed by atoms with Crippen LogP contribution in [-0.2, 0) is 11.0 Å². The Labute approximate surface area is 108 Å². The molecule has 5 heteroatoms. The lowest BCUT2D eigenvalue weighted by atomic mass is 10.0. The van der Waals surface area contributed by atoms with Gasteiger partial charge in [0.2, 0.25) is 0 Å². The molecule has 0 amide bonds. The van der Waals surface area contributed by atoms with Gasteiger partial charge in [-0.2, -0.15) is 5.26 Å². The van der Waals surface area contributed by atoms with Gasteiger partial charge in [0, 0.05) is 29.9 Å². The van der Waals surface area contributed by atoms with Crippen molar-refractivity contribution in [1.82, 2.24) is 4.98 Å². The number of nitrogens with one attached hydrogen (secondary N) is 1. The summed E-state index contributed by atoms with van der Waals surface area (Å²) in [6, 6.07) is 11.2. The minimum Gasteiger partial charge on any atom is -0.305 e. The zero-order chi connectivity index (χ0) is 13.0. The first-order valence-corrected chi connectivity index (χ1v) is 6.81. The highest BCUT2D eigenvalue weighted by Gasteiger charge is 2.04. The summed E-state index contributed by atoms with van der Waals surface area (Å²) in [5.41, 5.74) is 3.07. The fraction of sp³-hybridized carbons (Fsp3) is 0.0769. The number of nitrogens with zero attached hydrogens (tertiary/aromatic N) is 2. The molecule has 1 atom stereocenters. The maximum Gasteiger partial charge on any atom is 0.113 e. The van der Waals surface area contributed by atoms with Crippen LogP contribution in [0, 0.1) is 11.3 Å². The number of hydrogen-bond donors (Lipinski definition) is 1. The number of rotatable bonds is 3. The van der Waals surface area contributed by atoms with Crippen LogP contribution in [0.1, 0.15) is 5.56 Å². The van der Waals surface area contributed by atoms with Crippen LogP contribution in [0.15, 0.2) is 42.7 Å². The van der Waals surface area contributed by atoms with Gasteiger partial charge in [-0.05, 0) is 23.8 Å². The van der Waals surface area contributed by atoms with Gasteiger partial charge >= 0.3 is 0 Å². The molecule has 0 radical (unpaired) electrons. The summed E-state index contributed by atoms with van der Waals surface area (Å²) in [7, 11) is -1.09. The third kappa shape index (κ3) is 2.73. The zero-order valence-electron chi connectivity index (χ0n) is 9.75. The van der Waals surface area contributed by atoms with Crippen LogP contribution in [0.4, 0.5) is 5.69 Å². The molecule has 1 aromatic carbocycles. The van der Waals surface area contributed by atoms with E-state index in [2.05, 4.69) is 15.8 Å².